The van der Waals surface area contributed by atoms with Crippen molar-refractivity contribution in [3.8, 4) is 0 Å². The van der Waals surface area contributed by atoms with E-state index in [1.807, 2.05) is 0 Å². The van der Waals surface area contributed by atoms with Gasteiger partial charge in [0, 0.05) is 12.4 Å². The third kappa shape index (κ3) is 1.31. The lowest BCUT2D eigenvalue weighted by Crippen LogP contribution is -2.11. The van der Waals surface area contributed by atoms with Gasteiger partial charge in [-0.1, -0.05) is 0 Å². The fraction of sp³-hybridized carbons (Fsp3) is 0.143. The van der Waals surface area contributed by atoms with E-state index in [1.165, 1.54) is 6.20 Å². The number of hydrogen-bond acceptors (Lipinski definition) is 2. The van der Waals surface area contributed by atoms with Gasteiger partial charge in [0.2, 0.25) is 5.91 Å². The Kier molecular flexibility index (Phi) is 1.34. The summed E-state index contributed by atoms with van der Waals surface area (Å²) in [6.07, 6.45) is 1.46. The molecule has 0 bridgehead atoms. The first-order chi connectivity index (χ1) is 5.11. The Labute approximate surface area is 60.3 Å². The Morgan fingerprint density at radius 3 is 3.10 bits per heavy atom. The van der Waals surface area contributed by atoms with Crippen molar-refractivity contribution in [1.82, 2.24) is 4.98 Å². The summed E-state index contributed by atoms with van der Waals surface area (Å²) in [7, 11) is 0. The number of aromatic nitrogens is 1. The Morgan fingerprint density at radius 1 is 1.90 bits per heavy atom. The molecule has 0 saturated heterocycles. The van der Waals surface area contributed by atoms with Crippen LogP contribution in [0.4, 0.5) is 0 Å². The molecule has 0 aliphatic heterocycles. The van der Waals surface area contributed by atoms with Crippen molar-refractivity contribution in [2.45, 2.75) is 6.92 Å². The number of amides is 1. The monoisotopic (exact) mass is 137 g/mol. The molecule has 0 spiro atoms. The van der Waals surface area contributed by atoms with E-state index in [0.29, 0.717) is 0 Å². The lowest BCUT2D eigenvalue weighted by Gasteiger charge is -1.93. The average Bonchev–Trinajstić information content (AvgIpc) is 1.94. The first kappa shape index (κ1) is 5.41. The molecule has 0 fully saturated rings. The maximum atomic E-state index is 10.6. The Morgan fingerprint density at radius 2 is 2.60 bits per heavy atom. The number of nitrogens with two attached hydrogens (primary N) is 1. The van der Waals surface area contributed by atoms with Gasteiger partial charge in [0.1, 0.15) is 0 Å². The number of rotatable bonds is 1. The second-order valence-corrected chi connectivity index (χ2v) is 2.04. The molecule has 0 aliphatic carbocycles. The molecule has 3 heteroatoms. The van der Waals surface area contributed by atoms with Gasteiger partial charge in [-0.25, -0.2) is 0 Å². The number of pyridine rings is 1. The second kappa shape index (κ2) is 2.47. The highest BCUT2D eigenvalue weighted by Crippen LogP contribution is 1.98. The van der Waals surface area contributed by atoms with Crippen LogP contribution >= 0.6 is 0 Å². The van der Waals surface area contributed by atoms with Crippen LogP contribution in [0.25, 0.3) is 0 Å². The second-order valence-electron chi connectivity index (χ2n) is 2.04. The molecule has 1 heterocycles. The summed E-state index contributed by atoms with van der Waals surface area (Å²) in [5.74, 6) is -0.605. The quantitative estimate of drug-likeness (QED) is 0.612. The van der Waals surface area contributed by atoms with Crippen LogP contribution in [0.2, 0.25) is 0 Å². The molecular formula is C7H8N2O. The zero-order valence-electron chi connectivity index (χ0n) is 6.59. The van der Waals surface area contributed by atoms with E-state index >= 15 is 0 Å². The van der Waals surface area contributed by atoms with Crippen LogP contribution in [0, 0.1) is 6.92 Å². The molecule has 0 unspecified atom stereocenters. The number of carbonyl (C=O) groups excluding carboxylic acids is 1. The highest BCUT2D eigenvalue weighted by Gasteiger charge is 1.97. The molecule has 10 heavy (non-hydrogen) atoms. The maximum absolute atomic E-state index is 10.6. The summed E-state index contributed by atoms with van der Waals surface area (Å²) in [4.78, 5) is 14.3. The van der Waals surface area contributed by atoms with Crippen molar-refractivity contribution >= 4 is 5.91 Å². The maximum Gasteiger partial charge on any atom is 0.250 e. The van der Waals surface area contributed by atoms with Crippen molar-refractivity contribution in [3.05, 3.63) is 29.6 Å². The minimum absolute atomic E-state index is 0.0666. The van der Waals surface area contributed by atoms with Crippen molar-refractivity contribution < 1.29 is 6.17 Å². The van der Waals surface area contributed by atoms with E-state index in [2.05, 4.69) is 4.98 Å². The van der Waals surface area contributed by atoms with E-state index < -0.39 is 5.91 Å². The smallest absolute Gasteiger partial charge is 0.250 e. The Bertz CT molecular complexity index is 298. The molecule has 1 amide bonds. The highest BCUT2D eigenvalue weighted by atomic mass is 16.1. The van der Waals surface area contributed by atoms with Gasteiger partial charge in [-0.05, 0) is 18.6 Å². The van der Waals surface area contributed by atoms with Gasteiger partial charge < -0.3 is 5.73 Å². The summed E-state index contributed by atoms with van der Waals surface area (Å²) in [5, 5.41) is 0. The molecule has 0 radical (unpaired) electrons. The molecule has 0 atom stereocenters. The SMILES string of the molecule is [2H]c1ncc(C)cc1C(N)=O. The molecule has 0 aromatic carbocycles. The molecule has 0 saturated carbocycles. The summed E-state index contributed by atoms with van der Waals surface area (Å²) < 4.78 is 7.19. The first-order valence-corrected chi connectivity index (χ1v) is 2.84. The van der Waals surface area contributed by atoms with Gasteiger partial charge in [0.25, 0.3) is 0 Å². The largest absolute Gasteiger partial charge is 0.366 e. The van der Waals surface area contributed by atoms with Crippen molar-refractivity contribution in [3.63, 3.8) is 0 Å². The van der Waals surface area contributed by atoms with Crippen LogP contribution in [0.1, 0.15) is 17.3 Å². The van der Waals surface area contributed by atoms with E-state index in [4.69, 9.17) is 7.10 Å². The molecule has 52 valence electrons. The van der Waals surface area contributed by atoms with Crippen LogP contribution in [0.3, 0.4) is 0 Å². The predicted molar refractivity (Wildman–Crippen MR) is 37.5 cm³/mol. The highest BCUT2D eigenvalue weighted by molar-refractivity contribution is 5.92. The van der Waals surface area contributed by atoms with Crippen molar-refractivity contribution in [1.29, 1.82) is 0 Å². The van der Waals surface area contributed by atoms with Crippen LogP contribution in [0.15, 0.2) is 18.4 Å². The topological polar surface area (TPSA) is 56.0 Å². The van der Waals surface area contributed by atoms with Crippen molar-refractivity contribution in [2.24, 2.45) is 5.73 Å². The molecule has 0 aliphatic rings. The average molecular weight is 137 g/mol. The van der Waals surface area contributed by atoms with Gasteiger partial charge in [-0.3, -0.25) is 9.78 Å². The fourth-order valence-corrected chi connectivity index (χ4v) is 0.627. The van der Waals surface area contributed by atoms with Crippen LogP contribution in [-0.2, 0) is 0 Å². The first-order valence-electron chi connectivity index (χ1n) is 3.34. The van der Waals surface area contributed by atoms with Gasteiger partial charge >= 0.3 is 0 Å². The number of carbonyl (C=O) groups is 1. The van der Waals surface area contributed by atoms with Crippen LogP contribution in [-0.4, -0.2) is 10.9 Å². The number of nitrogens with zero attached hydrogens (tertiary/aromatic N) is 1. The molecule has 1 rings (SSSR count). The molecule has 2 N–H and O–H groups in total. The van der Waals surface area contributed by atoms with Gasteiger partial charge in [-0.2, -0.15) is 0 Å². The fourth-order valence-electron chi connectivity index (χ4n) is 0.627. The van der Waals surface area contributed by atoms with Gasteiger partial charge in [0.15, 0.2) is 0 Å². The molecular weight excluding hydrogens is 128 g/mol. The summed E-state index contributed by atoms with van der Waals surface area (Å²) in [5.41, 5.74) is 5.98. The van der Waals surface area contributed by atoms with E-state index in [9.17, 15) is 4.79 Å². The zero-order chi connectivity index (χ0) is 8.43. The standard InChI is InChI=1S/C7H8N2O/c1-5-2-6(7(8)10)4-9-3-5/h2-4H,1H3,(H2,8,10)/i4D. The molecule has 3 nitrogen and oxygen atoms in total. The molecule has 1 aromatic heterocycles. The number of hydrogen-bond donors (Lipinski definition) is 1. The molecule has 1 aromatic rings. The minimum atomic E-state index is -0.605. The Hall–Kier alpha value is -1.38. The number of aryl methyl sites for hydroxylation is 1. The number of primary amides is 1. The third-order valence-corrected chi connectivity index (χ3v) is 1.09. The summed E-state index contributed by atoms with van der Waals surface area (Å²) >= 11 is 0. The minimum Gasteiger partial charge on any atom is -0.366 e. The Balaban J connectivity index is 3.23. The van der Waals surface area contributed by atoms with E-state index in [0.717, 1.165) is 5.56 Å². The lowest BCUT2D eigenvalue weighted by molar-refractivity contribution is 0.1000. The summed E-state index contributed by atoms with van der Waals surface area (Å²) in [6.45, 7) is 1.79. The van der Waals surface area contributed by atoms with Crippen LogP contribution in [0.5, 0.6) is 0 Å². The van der Waals surface area contributed by atoms with E-state index in [1.54, 1.807) is 13.0 Å². The van der Waals surface area contributed by atoms with E-state index in [-0.39, 0.29) is 11.7 Å². The predicted octanol–water partition coefficient (Wildman–Crippen LogP) is 0.489. The van der Waals surface area contributed by atoms with Gasteiger partial charge in [-0.15, -0.1) is 0 Å². The normalized spacial score (nSPS) is 10.7. The third-order valence-electron chi connectivity index (χ3n) is 1.09. The van der Waals surface area contributed by atoms with Crippen LogP contribution < -0.4 is 5.73 Å². The zero-order valence-corrected chi connectivity index (χ0v) is 5.59. The van der Waals surface area contributed by atoms with Crippen molar-refractivity contribution in [2.75, 3.05) is 0 Å². The summed E-state index contributed by atoms with van der Waals surface area (Å²) in [6, 6.07) is 1.55. The van der Waals surface area contributed by atoms with Gasteiger partial charge in [0.05, 0.1) is 6.93 Å². The lowest BCUT2D eigenvalue weighted by atomic mass is 10.2.